The minimum atomic E-state index is -0.203. The number of aromatic nitrogens is 2. The summed E-state index contributed by atoms with van der Waals surface area (Å²) >= 11 is 6.80. The lowest BCUT2D eigenvalue weighted by Gasteiger charge is -2.36. The van der Waals surface area contributed by atoms with E-state index in [1.165, 1.54) is 11.8 Å². The maximum Gasteiger partial charge on any atom is 0.267 e. The Labute approximate surface area is 252 Å². The van der Waals surface area contributed by atoms with Gasteiger partial charge < -0.3 is 19.1 Å². The molecule has 3 saturated heterocycles. The number of benzene rings is 1. The number of ether oxygens (including phenoxy) is 3. The highest BCUT2D eigenvalue weighted by Gasteiger charge is 2.35. The monoisotopic (exact) mass is 605 g/mol. The summed E-state index contributed by atoms with van der Waals surface area (Å²) in [5, 5.41) is 0. The number of carbonyl (C=O) groups is 1. The van der Waals surface area contributed by atoms with Crippen LogP contribution in [0.3, 0.4) is 0 Å². The lowest BCUT2D eigenvalue weighted by Crippen LogP contribution is -2.47. The molecule has 218 valence electrons. The third-order valence-corrected chi connectivity index (χ3v) is 9.44. The molecule has 4 aliphatic rings. The van der Waals surface area contributed by atoms with E-state index < -0.39 is 0 Å². The number of amides is 1. The van der Waals surface area contributed by atoms with E-state index in [1.54, 1.807) is 21.6 Å². The first-order valence-corrected chi connectivity index (χ1v) is 15.4. The molecule has 1 atom stereocenters. The third kappa shape index (κ3) is 5.28. The molecule has 0 aliphatic carbocycles. The van der Waals surface area contributed by atoms with Crippen molar-refractivity contribution in [3.05, 3.63) is 68.5 Å². The van der Waals surface area contributed by atoms with Crippen LogP contribution in [0.15, 0.2) is 46.2 Å². The minimum Gasteiger partial charge on any atom is -0.454 e. The van der Waals surface area contributed by atoms with Gasteiger partial charge in [-0.3, -0.25) is 23.8 Å². The van der Waals surface area contributed by atoms with E-state index in [0.717, 1.165) is 55.1 Å². The van der Waals surface area contributed by atoms with Gasteiger partial charge in [-0.05, 0) is 55.2 Å². The molecule has 1 amide bonds. The van der Waals surface area contributed by atoms with Crippen molar-refractivity contribution >= 4 is 51.7 Å². The molecular weight excluding hydrogens is 574 g/mol. The van der Waals surface area contributed by atoms with Gasteiger partial charge in [0.05, 0.1) is 23.1 Å². The molecule has 42 heavy (non-hydrogen) atoms. The molecule has 0 radical (unpaired) electrons. The number of thioether (sulfide) groups is 1. The average Bonchev–Trinajstić information content (AvgIpc) is 3.74. The van der Waals surface area contributed by atoms with E-state index in [9.17, 15) is 9.59 Å². The second kappa shape index (κ2) is 11.3. The molecule has 4 aliphatic heterocycles. The van der Waals surface area contributed by atoms with Crippen molar-refractivity contribution in [2.75, 3.05) is 51.0 Å². The molecule has 1 unspecified atom stereocenters. The van der Waals surface area contributed by atoms with Crippen LogP contribution in [-0.2, 0) is 16.1 Å². The summed E-state index contributed by atoms with van der Waals surface area (Å²) in [6.07, 6.45) is 5.37. The first kappa shape index (κ1) is 27.4. The largest absolute Gasteiger partial charge is 0.454 e. The minimum absolute atomic E-state index is 0.00712. The van der Waals surface area contributed by atoms with Gasteiger partial charge >= 0.3 is 0 Å². The average molecular weight is 606 g/mol. The molecule has 0 saturated carbocycles. The lowest BCUT2D eigenvalue weighted by atomic mass is 10.1. The smallest absolute Gasteiger partial charge is 0.267 e. The Balaban J connectivity index is 1.16. The van der Waals surface area contributed by atoms with Gasteiger partial charge in [0.1, 0.15) is 15.8 Å². The van der Waals surface area contributed by atoms with Crippen molar-refractivity contribution < 1.29 is 19.0 Å². The first-order valence-electron chi connectivity index (χ1n) is 14.2. The topological polar surface area (TPSA) is 88.8 Å². The molecule has 0 bridgehead atoms. The van der Waals surface area contributed by atoms with Gasteiger partial charge in [0.15, 0.2) is 11.5 Å². The third-order valence-electron chi connectivity index (χ3n) is 8.06. The van der Waals surface area contributed by atoms with E-state index in [2.05, 4.69) is 15.9 Å². The van der Waals surface area contributed by atoms with E-state index in [1.807, 2.05) is 31.2 Å². The number of thiocarbonyl (C=S) groups is 1. The van der Waals surface area contributed by atoms with Crippen molar-refractivity contribution in [1.82, 2.24) is 19.2 Å². The molecule has 0 spiro atoms. The highest BCUT2D eigenvalue weighted by Crippen LogP contribution is 2.35. The number of hydrogen-bond acceptors (Lipinski definition) is 10. The molecule has 2 aromatic heterocycles. The summed E-state index contributed by atoms with van der Waals surface area (Å²) in [6.45, 7) is 7.12. The molecule has 0 N–H and O–H groups in total. The van der Waals surface area contributed by atoms with Crippen molar-refractivity contribution in [3.63, 3.8) is 0 Å². The van der Waals surface area contributed by atoms with E-state index in [0.29, 0.717) is 52.5 Å². The summed E-state index contributed by atoms with van der Waals surface area (Å²) in [7, 11) is 0. The fraction of sp³-hybridized carbons (Fsp3) is 0.400. The molecule has 3 fully saturated rings. The summed E-state index contributed by atoms with van der Waals surface area (Å²) < 4.78 is 18.8. The van der Waals surface area contributed by atoms with Crippen molar-refractivity contribution in [2.24, 2.45) is 0 Å². The Hall–Kier alpha value is -3.45. The normalized spacial score (nSPS) is 21.8. The number of anilines is 1. The van der Waals surface area contributed by atoms with Crippen LogP contribution in [0.2, 0.25) is 0 Å². The van der Waals surface area contributed by atoms with Crippen LogP contribution in [0, 0.1) is 6.92 Å². The van der Waals surface area contributed by atoms with Crippen LogP contribution >= 0.6 is 24.0 Å². The van der Waals surface area contributed by atoms with E-state index >= 15 is 0 Å². The summed E-state index contributed by atoms with van der Waals surface area (Å²) in [5.41, 5.74) is 2.89. The van der Waals surface area contributed by atoms with Crippen LogP contribution in [0.4, 0.5) is 5.82 Å². The van der Waals surface area contributed by atoms with Crippen LogP contribution in [0.25, 0.3) is 11.7 Å². The van der Waals surface area contributed by atoms with E-state index in [4.69, 9.17) is 31.4 Å². The molecule has 6 heterocycles. The Morgan fingerprint density at radius 1 is 1.10 bits per heavy atom. The second-order valence-electron chi connectivity index (χ2n) is 11.0. The Kier molecular flexibility index (Phi) is 7.39. The molecule has 1 aromatic carbocycles. The quantitative estimate of drug-likeness (QED) is 0.308. The number of aryl methyl sites for hydroxylation is 1. The number of carbonyl (C=O) groups excluding carboxylic acids is 1. The van der Waals surface area contributed by atoms with Gasteiger partial charge in [-0.2, -0.15) is 0 Å². The van der Waals surface area contributed by atoms with Crippen LogP contribution in [0.1, 0.15) is 29.5 Å². The Morgan fingerprint density at radius 3 is 2.74 bits per heavy atom. The van der Waals surface area contributed by atoms with Gasteiger partial charge in [0, 0.05) is 45.5 Å². The number of fused-ring (bicyclic) bond motifs is 2. The van der Waals surface area contributed by atoms with Crippen molar-refractivity contribution in [3.8, 4) is 11.5 Å². The Bertz CT molecular complexity index is 1660. The van der Waals surface area contributed by atoms with Gasteiger partial charge in [-0.15, -0.1) is 0 Å². The number of hydrogen-bond donors (Lipinski definition) is 0. The predicted octanol–water partition coefficient (Wildman–Crippen LogP) is 3.43. The van der Waals surface area contributed by atoms with Crippen LogP contribution < -0.4 is 19.9 Å². The van der Waals surface area contributed by atoms with E-state index in [-0.39, 0.29) is 24.4 Å². The van der Waals surface area contributed by atoms with Crippen molar-refractivity contribution in [2.45, 2.75) is 32.4 Å². The van der Waals surface area contributed by atoms with Crippen LogP contribution in [-0.4, -0.2) is 81.6 Å². The number of piperazine rings is 1. The van der Waals surface area contributed by atoms with Gasteiger partial charge in [0.25, 0.3) is 11.5 Å². The molecule has 12 heteroatoms. The zero-order valence-electron chi connectivity index (χ0n) is 23.3. The maximum absolute atomic E-state index is 13.9. The number of nitrogens with zero attached hydrogens (tertiary/aromatic N) is 5. The van der Waals surface area contributed by atoms with Gasteiger partial charge in [-0.1, -0.05) is 36.1 Å². The first-order chi connectivity index (χ1) is 20.4. The fourth-order valence-corrected chi connectivity index (χ4v) is 7.07. The highest BCUT2D eigenvalue weighted by molar-refractivity contribution is 8.26. The second-order valence-corrected chi connectivity index (χ2v) is 12.6. The zero-order chi connectivity index (χ0) is 28.8. The van der Waals surface area contributed by atoms with Crippen molar-refractivity contribution in [1.29, 1.82) is 0 Å². The van der Waals surface area contributed by atoms with Crippen LogP contribution in [0.5, 0.6) is 11.5 Å². The highest BCUT2D eigenvalue weighted by atomic mass is 32.2. The SMILES string of the molecule is Cc1ccc2nc(N3CCN(Cc4ccc5c(c4)OCO5)CC3)c(/C=C3\SC(=S)N(CC4CCCO4)C3=O)c(=O)n2c1. The summed E-state index contributed by atoms with van der Waals surface area (Å²) in [5.74, 6) is 1.97. The molecule has 10 nitrogen and oxygen atoms in total. The molecule has 7 rings (SSSR count). The van der Waals surface area contributed by atoms with Gasteiger partial charge in [0.2, 0.25) is 6.79 Å². The van der Waals surface area contributed by atoms with Gasteiger partial charge in [-0.25, -0.2) is 4.98 Å². The number of pyridine rings is 1. The lowest BCUT2D eigenvalue weighted by molar-refractivity contribution is -0.123. The Morgan fingerprint density at radius 2 is 1.93 bits per heavy atom. The number of rotatable bonds is 6. The predicted molar refractivity (Wildman–Crippen MR) is 165 cm³/mol. The molecule has 3 aromatic rings. The maximum atomic E-state index is 13.9. The molecular formula is C30H31N5O5S2. The fourth-order valence-electron chi connectivity index (χ4n) is 5.81. The zero-order valence-corrected chi connectivity index (χ0v) is 24.9. The standard InChI is InChI=1S/C30H31N5O5S2/c1-19-4-7-26-31-27(33-10-8-32(9-11-33)16-20-5-6-23-24(13-20)40-18-39-23)22(28(36)34(26)15-19)14-25-29(37)35(30(41)42-25)17-21-3-2-12-38-21/h4-7,13-15,21H,2-3,8-12,16-18H2,1H3/b25-14-. The summed E-state index contributed by atoms with van der Waals surface area (Å²) in [6, 6.07) is 9.87. The summed E-state index contributed by atoms with van der Waals surface area (Å²) in [4.78, 5) is 38.9.